The van der Waals surface area contributed by atoms with Gasteiger partial charge in [0, 0.05) is 22.7 Å². The zero-order chi connectivity index (χ0) is 51.6. The standard InChI is InChI=1S/C70H70N4/c1-67(2,3)53-29-21-45-25-33-57(41-49(45)37-53)71-61-17-13-14-18-62(61)72(58-34-26-46-22-30-54(68(4,5)6)38-50(46)42-58)65(71)66-73(59-35-27-47-23-31-55(69(7,8)9)39-51(47)43-59)63-19-15-16-20-64(63)74(66)60-36-28-48-24-32-56(70(10,11)12)40-52(48)44-60/h13-44,65-66H,1-12H3. The van der Waals surface area contributed by atoms with Crippen LogP contribution in [0.15, 0.2) is 194 Å². The highest BCUT2D eigenvalue weighted by atomic mass is 15.5. The second-order valence-electron chi connectivity index (χ2n) is 25.3. The minimum atomic E-state index is -0.306. The Balaban J connectivity index is 1.17. The van der Waals surface area contributed by atoms with E-state index in [-0.39, 0.29) is 34.0 Å². The van der Waals surface area contributed by atoms with Gasteiger partial charge >= 0.3 is 0 Å². The van der Waals surface area contributed by atoms with Gasteiger partial charge in [-0.1, -0.05) is 204 Å². The second kappa shape index (κ2) is 17.0. The van der Waals surface area contributed by atoms with Crippen LogP contribution >= 0.6 is 0 Å². The molecule has 74 heavy (non-hydrogen) atoms. The predicted octanol–water partition coefficient (Wildman–Crippen LogP) is 19.4. The number of para-hydroxylation sites is 4. The molecule has 0 radical (unpaired) electrons. The van der Waals surface area contributed by atoms with Crippen LogP contribution in [0.4, 0.5) is 45.5 Å². The van der Waals surface area contributed by atoms with Crippen molar-refractivity contribution in [2.45, 2.75) is 117 Å². The van der Waals surface area contributed by atoms with Crippen molar-refractivity contribution < 1.29 is 0 Å². The molecule has 4 nitrogen and oxygen atoms in total. The van der Waals surface area contributed by atoms with E-state index in [1.165, 1.54) is 88.1 Å². The molecule has 370 valence electrons. The molecule has 0 fully saturated rings. The Morgan fingerprint density at radius 2 is 0.432 bits per heavy atom. The highest BCUT2D eigenvalue weighted by molar-refractivity contribution is 6.00. The zero-order valence-electron chi connectivity index (χ0n) is 45.4. The van der Waals surface area contributed by atoms with E-state index in [0.717, 1.165) is 22.7 Å². The van der Waals surface area contributed by atoms with Crippen molar-refractivity contribution in [3.63, 3.8) is 0 Å². The summed E-state index contributed by atoms with van der Waals surface area (Å²) in [5, 5.41) is 9.90. The first-order valence-electron chi connectivity index (χ1n) is 26.7. The van der Waals surface area contributed by atoms with Gasteiger partial charge in [-0.05, 0) is 160 Å². The highest BCUT2D eigenvalue weighted by Crippen LogP contribution is 2.57. The Morgan fingerprint density at radius 1 is 0.230 bits per heavy atom. The molecule has 0 amide bonds. The van der Waals surface area contributed by atoms with Crippen molar-refractivity contribution in [2.24, 2.45) is 0 Å². The van der Waals surface area contributed by atoms with Crippen LogP contribution in [0.1, 0.15) is 105 Å². The van der Waals surface area contributed by atoms with Gasteiger partial charge in [-0.3, -0.25) is 0 Å². The predicted molar refractivity (Wildman–Crippen MR) is 320 cm³/mol. The van der Waals surface area contributed by atoms with E-state index in [4.69, 9.17) is 0 Å². The molecule has 0 aromatic heterocycles. The maximum atomic E-state index is 2.66. The van der Waals surface area contributed by atoms with E-state index >= 15 is 0 Å². The molecule has 0 N–H and O–H groups in total. The number of hydrogen-bond donors (Lipinski definition) is 0. The van der Waals surface area contributed by atoms with Crippen molar-refractivity contribution in [2.75, 3.05) is 19.6 Å². The summed E-state index contributed by atoms with van der Waals surface area (Å²) in [4.78, 5) is 10.6. The zero-order valence-corrected chi connectivity index (χ0v) is 45.4. The second-order valence-corrected chi connectivity index (χ2v) is 25.3. The van der Waals surface area contributed by atoms with E-state index in [2.05, 4.69) is 297 Å². The number of rotatable bonds is 5. The van der Waals surface area contributed by atoms with Crippen LogP contribution in [0.5, 0.6) is 0 Å². The normalized spacial score (nSPS) is 14.8. The molecule has 10 aromatic carbocycles. The lowest BCUT2D eigenvalue weighted by atomic mass is 9.86. The molecule has 10 aromatic rings. The summed E-state index contributed by atoms with van der Waals surface area (Å²) < 4.78 is 0. The van der Waals surface area contributed by atoms with Crippen LogP contribution in [0.3, 0.4) is 0 Å². The maximum Gasteiger partial charge on any atom is 0.151 e. The van der Waals surface area contributed by atoms with Gasteiger partial charge in [0.25, 0.3) is 0 Å². The van der Waals surface area contributed by atoms with Gasteiger partial charge in [-0.15, -0.1) is 0 Å². The van der Waals surface area contributed by atoms with Crippen LogP contribution in [0.2, 0.25) is 0 Å². The van der Waals surface area contributed by atoms with Crippen LogP contribution in [-0.2, 0) is 21.7 Å². The van der Waals surface area contributed by atoms with Crippen molar-refractivity contribution in [3.8, 4) is 0 Å². The summed E-state index contributed by atoms with van der Waals surface area (Å²) in [6.07, 6.45) is -0.612. The Kier molecular flexibility index (Phi) is 10.9. The van der Waals surface area contributed by atoms with Crippen LogP contribution in [0.25, 0.3) is 43.1 Å². The largest absolute Gasteiger partial charge is 0.314 e. The Labute approximate surface area is 439 Å². The molecule has 0 unspecified atom stereocenters. The third-order valence-electron chi connectivity index (χ3n) is 16.0. The molecule has 0 spiro atoms. The molecule has 2 aliphatic rings. The summed E-state index contributed by atoms with van der Waals surface area (Å²) in [5.41, 5.74) is 14.6. The number of anilines is 8. The SMILES string of the molecule is CC(C)(C)c1ccc2ccc(N3c4ccccc4N(c4ccc5ccc(C(C)(C)C)cc5c4)C3C3N(c4ccc5ccc(C(C)(C)C)cc5c4)c4ccccc4N3c3ccc4ccc(C(C)(C)C)cc4c3)cc2c1. The molecule has 0 saturated carbocycles. The maximum absolute atomic E-state index is 2.66. The van der Waals surface area contributed by atoms with E-state index in [1.807, 2.05) is 0 Å². The lowest BCUT2D eigenvalue weighted by molar-refractivity contribution is 0.550. The molecule has 0 atom stereocenters. The lowest BCUT2D eigenvalue weighted by Crippen LogP contribution is -2.58. The van der Waals surface area contributed by atoms with E-state index in [1.54, 1.807) is 0 Å². The molecule has 0 bridgehead atoms. The fraction of sp³-hybridized carbons (Fsp3) is 0.257. The highest BCUT2D eigenvalue weighted by Gasteiger charge is 2.52. The number of benzene rings is 10. The van der Waals surface area contributed by atoms with Gasteiger partial charge in [0.15, 0.2) is 12.3 Å². The van der Waals surface area contributed by atoms with E-state index in [9.17, 15) is 0 Å². The van der Waals surface area contributed by atoms with Gasteiger partial charge in [0.1, 0.15) is 0 Å². The van der Waals surface area contributed by atoms with Crippen LogP contribution in [0, 0.1) is 0 Å². The van der Waals surface area contributed by atoms with Crippen molar-refractivity contribution in [3.05, 3.63) is 216 Å². The van der Waals surface area contributed by atoms with E-state index < -0.39 is 0 Å². The van der Waals surface area contributed by atoms with Gasteiger partial charge in [-0.25, -0.2) is 0 Å². The molecular formula is C70H70N4. The third kappa shape index (κ3) is 8.15. The summed E-state index contributed by atoms with van der Waals surface area (Å²) in [5.74, 6) is 0. The quantitative estimate of drug-likeness (QED) is 0.170. The first-order valence-corrected chi connectivity index (χ1v) is 26.7. The fourth-order valence-electron chi connectivity index (χ4n) is 11.6. The first kappa shape index (κ1) is 47.4. The fourth-order valence-corrected chi connectivity index (χ4v) is 11.6. The molecule has 0 saturated heterocycles. The Morgan fingerprint density at radius 3 is 0.635 bits per heavy atom. The average Bonchev–Trinajstić information content (AvgIpc) is 3.90. The summed E-state index contributed by atoms with van der Waals surface area (Å²) in [6, 6.07) is 74.8. The average molecular weight is 967 g/mol. The minimum Gasteiger partial charge on any atom is -0.314 e. The smallest absolute Gasteiger partial charge is 0.151 e. The number of hydrogen-bond acceptors (Lipinski definition) is 4. The summed E-state index contributed by atoms with van der Waals surface area (Å²) in [6.45, 7) is 27.7. The van der Waals surface area contributed by atoms with Gasteiger partial charge in [0.05, 0.1) is 22.7 Å². The molecule has 2 heterocycles. The van der Waals surface area contributed by atoms with Crippen molar-refractivity contribution in [1.29, 1.82) is 0 Å². The Hall–Kier alpha value is -7.56. The van der Waals surface area contributed by atoms with E-state index in [0.29, 0.717) is 0 Å². The van der Waals surface area contributed by atoms with Gasteiger partial charge in [0.2, 0.25) is 0 Å². The molecule has 2 aliphatic heterocycles. The molecule has 0 aliphatic carbocycles. The third-order valence-corrected chi connectivity index (χ3v) is 16.0. The van der Waals surface area contributed by atoms with Crippen molar-refractivity contribution in [1.82, 2.24) is 0 Å². The number of nitrogens with zero attached hydrogens (tertiary/aromatic N) is 4. The molecular weight excluding hydrogens is 897 g/mol. The first-order chi connectivity index (χ1) is 35.2. The minimum absolute atomic E-state index is 0.00431. The summed E-state index contributed by atoms with van der Waals surface area (Å²) >= 11 is 0. The van der Waals surface area contributed by atoms with Crippen LogP contribution < -0.4 is 19.6 Å². The molecule has 12 rings (SSSR count). The Bertz CT molecular complexity index is 3330. The monoisotopic (exact) mass is 967 g/mol. The van der Waals surface area contributed by atoms with Gasteiger partial charge < -0.3 is 19.6 Å². The number of fused-ring (bicyclic) bond motifs is 6. The van der Waals surface area contributed by atoms with Crippen molar-refractivity contribution >= 4 is 88.6 Å². The topological polar surface area (TPSA) is 13.0 Å². The molecule has 4 heteroatoms. The summed E-state index contributed by atoms with van der Waals surface area (Å²) in [7, 11) is 0. The lowest BCUT2D eigenvalue weighted by Gasteiger charge is -2.45. The van der Waals surface area contributed by atoms with Crippen LogP contribution in [-0.4, -0.2) is 12.3 Å². The van der Waals surface area contributed by atoms with Gasteiger partial charge in [-0.2, -0.15) is 0 Å².